The molecule has 124 valence electrons. The SMILES string of the molecule is COc1ccc(Cl)cc1NC(=O)C[C@H]1Nc2ccccc2NC1=O. The molecule has 3 N–H and O–H groups in total. The molecule has 0 spiro atoms. The summed E-state index contributed by atoms with van der Waals surface area (Å²) in [7, 11) is 1.51. The highest BCUT2D eigenvalue weighted by Crippen LogP contribution is 2.29. The largest absolute Gasteiger partial charge is 0.495 e. The van der Waals surface area contributed by atoms with Crippen molar-refractivity contribution < 1.29 is 14.3 Å². The summed E-state index contributed by atoms with van der Waals surface area (Å²) in [5.41, 5.74) is 1.96. The Labute approximate surface area is 144 Å². The van der Waals surface area contributed by atoms with Gasteiger partial charge in [-0.25, -0.2) is 0 Å². The van der Waals surface area contributed by atoms with Crippen LogP contribution in [0.3, 0.4) is 0 Å². The number of ether oxygens (including phenoxy) is 1. The summed E-state index contributed by atoms with van der Waals surface area (Å²) in [5, 5.41) is 9.06. The molecule has 0 bridgehead atoms. The molecule has 2 aromatic carbocycles. The first-order chi connectivity index (χ1) is 11.6. The molecule has 3 rings (SSSR count). The maximum absolute atomic E-state index is 12.3. The van der Waals surface area contributed by atoms with Gasteiger partial charge >= 0.3 is 0 Å². The van der Waals surface area contributed by atoms with Crippen LogP contribution in [0.4, 0.5) is 17.1 Å². The Morgan fingerprint density at radius 3 is 2.75 bits per heavy atom. The fourth-order valence-corrected chi connectivity index (χ4v) is 2.67. The number of carbonyl (C=O) groups is 2. The van der Waals surface area contributed by atoms with Gasteiger partial charge in [-0.3, -0.25) is 9.59 Å². The van der Waals surface area contributed by atoms with E-state index in [2.05, 4.69) is 16.0 Å². The molecule has 0 fully saturated rings. The lowest BCUT2D eigenvalue weighted by molar-refractivity contribution is -0.122. The van der Waals surface area contributed by atoms with Crippen LogP contribution >= 0.6 is 11.6 Å². The molecule has 0 unspecified atom stereocenters. The Morgan fingerprint density at radius 2 is 2.00 bits per heavy atom. The highest BCUT2D eigenvalue weighted by Gasteiger charge is 2.27. The van der Waals surface area contributed by atoms with Gasteiger partial charge in [0.25, 0.3) is 0 Å². The van der Waals surface area contributed by atoms with Crippen LogP contribution in [-0.4, -0.2) is 25.0 Å². The first-order valence-corrected chi connectivity index (χ1v) is 7.74. The van der Waals surface area contributed by atoms with Crippen molar-refractivity contribution in [1.29, 1.82) is 0 Å². The summed E-state index contributed by atoms with van der Waals surface area (Å²) in [6, 6.07) is 11.6. The van der Waals surface area contributed by atoms with Gasteiger partial charge in [0.05, 0.1) is 30.6 Å². The molecule has 0 saturated carbocycles. The van der Waals surface area contributed by atoms with Crippen LogP contribution in [0.15, 0.2) is 42.5 Å². The Kier molecular flexibility index (Phi) is 4.57. The molecule has 24 heavy (non-hydrogen) atoms. The number of halogens is 1. The van der Waals surface area contributed by atoms with Gasteiger partial charge in [0.1, 0.15) is 11.8 Å². The number of carbonyl (C=O) groups excluding carboxylic acids is 2. The average Bonchev–Trinajstić information content (AvgIpc) is 2.55. The summed E-state index contributed by atoms with van der Waals surface area (Å²) in [6.45, 7) is 0. The number of benzene rings is 2. The van der Waals surface area contributed by atoms with E-state index in [0.29, 0.717) is 22.1 Å². The van der Waals surface area contributed by atoms with E-state index >= 15 is 0 Å². The number of anilines is 3. The third-order valence-corrected chi connectivity index (χ3v) is 3.89. The van der Waals surface area contributed by atoms with Crippen molar-refractivity contribution >= 4 is 40.5 Å². The van der Waals surface area contributed by atoms with Crippen LogP contribution in [0.5, 0.6) is 5.75 Å². The Morgan fingerprint density at radius 1 is 1.25 bits per heavy atom. The van der Waals surface area contributed by atoms with Gasteiger partial charge in [-0.1, -0.05) is 23.7 Å². The topological polar surface area (TPSA) is 79.5 Å². The van der Waals surface area contributed by atoms with Crippen LogP contribution in [0, 0.1) is 0 Å². The zero-order chi connectivity index (χ0) is 17.1. The van der Waals surface area contributed by atoms with Crippen LogP contribution in [0.2, 0.25) is 5.02 Å². The minimum atomic E-state index is -0.648. The molecule has 0 radical (unpaired) electrons. The number of nitrogens with one attached hydrogen (secondary N) is 3. The summed E-state index contributed by atoms with van der Waals surface area (Å²) < 4.78 is 5.19. The van der Waals surface area contributed by atoms with E-state index in [0.717, 1.165) is 5.69 Å². The predicted molar refractivity (Wildman–Crippen MR) is 93.7 cm³/mol. The summed E-state index contributed by atoms with van der Waals surface area (Å²) >= 11 is 5.95. The molecule has 2 aromatic rings. The molecule has 0 aliphatic carbocycles. The van der Waals surface area contributed by atoms with E-state index in [1.807, 2.05) is 18.2 Å². The van der Waals surface area contributed by atoms with Gasteiger partial charge in [-0.2, -0.15) is 0 Å². The monoisotopic (exact) mass is 345 g/mol. The quantitative estimate of drug-likeness (QED) is 0.795. The van der Waals surface area contributed by atoms with E-state index in [9.17, 15) is 9.59 Å². The highest BCUT2D eigenvalue weighted by molar-refractivity contribution is 6.31. The second-order valence-corrected chi connectivity index (χ2v) is 5.77. The zero-order valence-corrected chi connectivity index (χ0v) is 13.7. The minimum Gasteiger partial charge on any atom is -0.495 e. The molecule has 1 aliphatic rings. The summed E-state index contributed by atoms with van der Waals surface area (Å²) in [5.74, 6) is -0.0661. The third-order valence-electron chi connectivity index (χ3n) is 3.66. The Bertz CT molecular complexity index is 794. The average molecular weight is 346 g/mol. The molecule has 6 nitrogen and oxygen atoms in total. The van der Waals surface area contributed by atoms with Crippen molar-refractivity contribution in [1.82, 2.24) is 0 Å². The van der Waals surface area contributed by atoms with Crippen molar-refractivity contribution in [3.05, 3.63) is 47.5 Å². The van der Waals surface area contributed by atoms with Gasteiger partial charge < -0.3 is 20.7 Å². The van der Waals surface area contributed by atoms with Crippen molar-refractivity contribution in [3.8, 4) is 5.75 Å². The second kappa shape index (κ2) is 6.80. The lowest BCUT2D eigenvalue weighted by Crippen LogP contribution is -2.41. The molecule has 2 amide bonds. The van der Waals surface area contributed by atoms with Gasteiger partial charge in [-0.15, -0.1) is 0 Å². The van der Waals surface area contributed by atoms with Crippen LogP contribution in [0.25, 0.3) is 0 Å². The van der Waals surface area contributed by atoms with E-state index in [1.165, 1.54) is 7.11 Å². The fourth-order valence-electron chi connectivity index (χ4n) is 2.50. The maximum Gasteiger partial charge on any atom is 0.247 e. The van der Waals surface area contributed by atoms with Crippen LogP contribution < -0.4 is 20.7 Å². The predicted octanol–water partition coefficient (Wildman–Crippen LogP) is 3.11. The summed E-state index contributed by atoms with van der Waals surface area (Å²) in [6.07, 6.45) is -0.0180. The number of hydrogen-bond donors (Lipinski definition) is 3. The van der Waals surface area contributed by atoms with Crippen molar-refractivity contribution in [2.45, 2.75) is 12.5 Å². The van der Waals surface area contributed by atoms with Crippen LogP contribution in [-0.2, 0) is 9.59 Å². The number of amides is 2. The number of rotatable bonds is 4. The highest BCUT2D eigenvalue weighted by atomic mass is 35.5. The first-order valence-electron chi connectivity index (χ1n) is 7.36. The molecule has 0 aromatic heterocycles. The molecular weight excluding hydrogens is 330 g/mol. The zero-order valence-electron chi connectivity index (χ0n) is 12.9. The number of fused-ring (bicyclic) bond motifs is 1. The van der Waals surface area contributed by atoms with E-state index in [4.69, 9.17) is 16.3 Å². The molecule has 7 heteroatoms. The van der Waals surface area contributed by atoms with E-state index in [-0.39, 0.29) is 18.2 Å². The van der Waals surface area contributed by atoms with E-state index < -0.39 is 6.04 Å². The third kappa shape index (κ3) is 3.44. The number of methoxy groups -OCH3 is 1. The standard InChI is InChI=1S/C17H16ClN3O3/c1-24-15-7-6-10(18)8-13(15)20-16(22)9-14-17(23)21-12-5-3-2-4-11(12)19-14/h2-8,14,19H,9H2,1H3,(H,20,22)(H,21,23)/t14-/m1/s1. The van der Waals surface area contributed by atoms with Gasteiger partial charge in [-0.05, 0) is 30.3 Å². The molecule has 1 heterocycles. The van der Waals surface area contributed by atoms with Crippen molar-refractivity contribution in [2.24, 2.45) is 0 Å². The molecular formula is C17H16ClN3O3. The molecule has 1 aliphatic heterocycles. The van der Waals surface area contributed by atoms with Crippen molar-refractivity contribution in [2.75, 3.05) is 23.1 Å². The lowest BCUT2D eigenvalue weighted by Gasteiger charge is -2.26. The normalized spacial score (nSPS) is 15.8. The van der Waals surface area contributed by atoms with Crippen LogP contribution in [0.1, 0.15) is 6.42 Å². The minimum absolute atomic E-state index is 0.0180. The fraction of sp³-hybridized carbons (Fsp3) is 0.176. The molecule has 1 atom stereocenters. The lowest BCUT2D eigenvalue weighted by atomic mass is 10.1. The van der Waals surface area contributed by atoms with Gasteiger partial charge in [0, 0.05) is 5.02 Å². The maximum atomic E-state index is 12.3. The second-order valence-electron chi connectivity index (χ2n) is 5.33. The number of para-hydroxylation sites is 2. The van der Waals surface area contributed by atoms with E-state index in [1.54, 1.807) is 24.3 Å². The van der Waals surface area contributed by atoms with Gasteiger partial charge in [0.2, 0.25) is 11.8 Å². The van der Waals surface area contributed by atoms with Gasteiger partial charge in [0.15, 0.2) is 0 Å². The first kappa shape index (κ1) is 16.1. The Balaban J connectivity index is 1.70. The smallest absolute Gasteiger partial charge is 0.247 e. The molecule has 0 saturated heterocycles. The summed E-state index contributed by atoms with van der Waals surface area (Å²) in [4.78, 5) is 24.4. The van der Waals surface area contributed by atoms with Crippen molar-refractivity contribution in [3.63, 3.8) is 0 Å². The Hall–Kier alpha value is -2.73. The number of hydrogen-bond acceptors (Lipinski definition) is 4.